The summed E-state index contributed by atoms with van der Waals surface area (Å²) in [5.74, 6) is 1.49. The molecule has 1 aromatic carbocycles. The maximum atomic E-state index is 13.2. The fourth-order valence-electron chi connectivity index (χ4n) is 2.43. The molecule has 98 valence electrons. The summed E-state index contributed by atoms with van der Waals surface area (Å²) in [5.41, 5.74) is 7.50. The van der Waals surface area contributed by atoms with E-state index in [4.69, 9.17) is 5.73 Å². The average Bonchev–Trinajstić information content (AvgIpc) is 2.63. The first-order chi connectivity index (χ1) is 8.52. The number of fused-ring (bicyclic) bond motifs is 1. The minimum absolute atomic E-state index is 0.227. The van der Waals surface area contributed by atoms with Gasteiger partial charge in [-0.15, -0.1) is 0 Å². The van der Waals surface area contributed by atoms with E-state index in [1.54, 1.807) is 6.07 Å². The maximum absolute atomic E-state index is 13.2. The number of nitrogens with zero attached hydrogens (tertiary/aromatic N) is 2. The Balaban J connectivity index is 2.46. The quantitative estimate of drug-likeness (QED) is 0.905. The number of hydrogen-bond donors (Lipinski definition) is 1. The van der Waals surface area contributed by atoms with Gasteiger partial charge in [-0.3, -0.25) is 0 Å². The number of aryl methyl sites for hydroxylation is 1. The largest absolute Gasteiger partial charge is 0.331 e. The first-order valence-electron chi connectivity index (χ1n) is 6.35. The third kappa shape index (κ3) is 2.38. The van der Waals surface area contributed by atoms with E-state index in [9.17, 15) is 4.39 Å². The molecule has 1 unspecified atom stereocenters. The van der Waals surface area contributed by atoms with Crippen LogP contribution >= 0.6 is 0 Å². The van der Waals surface area contributed by atoms with Crippen molar-refractivity contribution in [2.24, 2.45) is 18.7 Å². The highest BCUT2D eigenvalue weighted by Crippen LogP contribution is 2.25. The van der Waals surface area contributed by atoms with Gasteiger partial charge in [0.05, 0.1) is 11.0 Å². The van der Waals surface area contributed by atoms with Crippen molar-refractivity contribution in [3.63, 3.8) is 0 Å². The summed E-state index contributed by atoms with van der Waals surface area (Å²) in [4.78, 5) is 4.54. The van der Waals surface area contributed by atoms with Gasteiger partial charge < -0.3 is 10.3 Å². The van der Waals surface area contributed by atoms with Gasteiger partial charge in [-0.05, 0) is 24.5 Å². The lowest BCUT2D eigenvalue weighted by atomic mass is 9.96. The van der Waals surface area contributed by atoms with Crippen LogP contribution in [0.5, 0.6) is 0 Å². The van der Waals surface area contributed by atoms with Crippen molar-refractivity contribution in [1.82, 2.24) is 9.55 Å². The monoisotopic (exact) mass is 249 g/mol. The summed E-state index contributed by atoms with van der Waals surface area (Å²) in [6, 6.07) is 4.71. The summed E-state index contributed by atoms with van der Waals surface area (Å²) >= 11 is 0. The molecular weight excluding hydrogens is 229 g/mol. The molecule has 1 atom stereocenters. The third-order valence-electron chi connectivity index (χ3n) is 3.28. The van der Waals surface area contributed by atoms with Crippen molar-refractivity contribution in [1.29, 1.82) is 0 Å². The van der Waals surface area contributed by atoms with Crippen LogP contribution in [-0.2, 0) is 7.05 Å². The molecule has 2 rings (SSSR count). The summed E-state index contributed by atoms with van der Waals surface area (Å²) in [6.07, 6.45) is 0.996. The van der Waals surface area contributed by atoms with Crippen LogP contribution in [0, 0.1) is 11.7 Å². The maximum Gasteiger partial charge on any atom is 0.125 e. The lowest BCUT2D eigenvalue weighted by Crippen LogP contribution is -2.18. The predicted molar refractivity (Wildman–Crippen MR) is 71.9 cm³/mol. The van der Waals surface area contributed by atoms with Crippen LogP contribution in [-0.4, -0.2) is 16.1 Å². The zero-order valence-electron chi connectivity index (χ0n) is 11.2. The molecule has 0 spiro atoms. The molecule has 0 fully saturated rings. The van der Waals surface area contributed by atoms with Crippen LogP contribution in [0.1, 0.15) is 32.0 Å². The molecule has 0 bridgehead atoms. The first kappa shape index (κ1) is 13.0. The second-order valence-electron chi connectivity index (χ2n) is 5.22. The fourth-order valence-corrected chi connectivity index (χ4v) is 2.43. The number of rotatable bonds is 4. The second kappa shape index (κ2) is 5.06. The zero-order chi connectivity index (χ0) is 13.3. The lowest BCUT2D eigenvalue weighted by Gasteiger charge is -2.16. The van der Waals surface area contributed by atoms with Gasteiger partial charge in [0, 0.05) is 25.6 Å². The van der Waals surface area contributed by atoms with Crippen LogP contribution in [0.4, 0.5) is 4.39 Å². The van der Waals surface area contributed by atoms with Crippen LogP contribution in [0.15, 0.2) is 18.2 Å². The first-order valence-corrected chi connectivity index (χ1v) is 6.35. The fraction of sp³-hybridized carbons (Fsp3) is 0.500. The van der Waals surface area contributed by atoms with Gasteiger partial charge in [-0.25, -0.2) is 9.37 Å². The molecule has 2 N–H and O–H groups in total. The second-order valence-corrected chi connectivity index (χ2v) is 5.22. The van der Waals surface area contributed by atoms with E-state index in [1.807, 2.05) is 11.6 Å². The van der Waals surface area contributed by atoms with E-state index in [0.717, 1.165) is 17.8 Å². The van der Waals surface area contributed by atoms with Crippen molar-refractivity contribution in [3.8, 4) is 0 Å². The number of benzene rings is 1. The van der Waals surface area contributed by atoms with Crippen LogP contribution in [0.25, 0.3) is 11.0 Å². The molecule has 0 aliphatic carbocycles. The highest BCUT2D eigenvalue weighted by Gasteiger charge is 2.18. The van der Waals surface area contributed by atoms with E-state index < -0.39 is 0 Å². The molecule has 0 saturated carbocycles. The van der Waals surface area contributed by atoms with Crippen molar-refractivity contribution in [3.05, 3.63) is 29.8 Å². The lowest BCUT2D eigenvalue weighted by molar-refractivity contribution is 0.480. The molecule has 1 heterocycles. The zero-order valence-corrected chi connectivity index (χ0v) is 11.2. The van der Waals surface area contributed by atoms with Crippen LogP contribution in [0.2, 0.25) is 0 Å². The van der Waals surface area contributed by atoms with E-state index >= 15 is 0 Å². The van der Waals surface area contributed by atoms with Gasteiger partial charge in [0.2, 0.25) is 0 Å². The van der Waals surface area contributed by atoms with Crippen molar-refractivity contribution >= 4 is 11.0 Å². The van der Waals surface area contributed by atoms with Crippen molar-refractivity contribution in [2.45, 2.75) is 26.2 Å². The molecule has 18 heavy (non-hydrogen) atoms. The Bertz CT molecular complexity index is 545. The van der Waals surface area contributed by atoms with Crippen LogP contribution < -0.4 is 5.73 Å². The molecule has 3 nitrogen and oxygen atoms in total. The third-order valence-corrected chi connectivity index (χ3v) is 3.28. The van der Waals surface area contributed by atoms with Gasteiger partial charge in [-0.1, -0.05) is 13.8 Å². The van der Waals surface area contributed by atoms with Gasteiger partial charge >= 0.3 is 0 Å². The molecule has 0 amide bonds. The number of nitrogens with two attached hydrogens (primary N) is 1. The summed E-state index contributed by atoms with van der Waals surface area (Å²) in [6.45, 7) is 4.91. The molecule has 0 radical (unpaired) electrons. The molecule has 1 aromatic heterocycles. The normalized spacial score (nSPS) is 13.4. The Morgan fingerprint density at radius 2 is 2.11 bits per heavy atom. The van der Waals surface area contributed by atoms with Gasteiger partial charge in [-0.2, -0.15) is 0 Å². The van der Waals surface area contributed by atoms with Gasteiger partial charge in [0.15, 0.2) is 0 Å². The molecule has 2 aromatic rings. The molecular formula is C14H20FN3. The molecule has 0 saturated heterocycles. The van der Waals surface area contributed by atoms with E-state index in [-0.39, 0.29) is 11.7 Å². The van der Waals surface area contributed by atoms with Gasteiger partial charge in [0.25, 0.3) is 0 Å². The standard InChI is InChI=1S/C14H20FN3/c1-9(2)6-10(8-16)14-17-12-7-11(15)4-5-13(12)18(14)3/h4-5,7,9-10H,6,8,16H2,1-3H3. The number of hydrogen-bond acceptors (Lipinski definition) is 2. The topological polar surface area (TPSA) is 43.8 Å². The van der Waals surface area contributed by atoms with E-state index in [0.29, 0.717) is 18.0 Å². The minimum atomic E-state index is -0.250. The Kier molecular flexibility index (Phi) is 3.66. The number of imidazole rings is 1. The minimum Gasteiger partial charge on any atom is -0.331 e. The smallest absolute Gasteiger partial charge is 0.125 e. The van der Waals surface area contributed by atoms with Crippen LogP contribution in [0.3, 0.4) is 0 Å². The molecule has 0 aliphatic rings. The molecule has 0 aliphatic heterocycles. The Morgan fingerprint density at radius 1 is 1.39 bits per heavy atom. The summed E-state index contributed by atoms with van der Waals surface area (Å²) in [7, 11) is 1.96. The van der Waals surface area contributed by atoms with Crippen molar-refractivity contribution in [2.75, 3.05) is 6.54 Å². The Hall–Kier alpha value is -1.42. The molecule has 4 heteroatoms. The SMILES string of the molecule is CC(C)CC(CN)c1nc2cc(F)ccc2n1C. The number of halogens is 1. The predicted octanol–water partition coefficient (Wildman–Crippen LogP) is 2.80. The van der Waals surface area contributed by atoms with E-state index in [1.165, 1.54) is 12.1 Å². The Morgan fingerprint density at radius 3 is 2.72 bits per heavy atom. The van der Waals surface area contributed by atoms with Gasteiger partial charge in [0.1, 0.15) is 11.6 Å². The van der Waals surface area contributed by atoms with Crippen molar-refractivity contribution < 1.29 is 4.39 Å². The summed E-state index contributed by atoms with van der Waals surface area (Å²) in [5, 5.41) is 0. The Labute approximate surface area is 107 Å². The summed E-state index contributed by atoms with van der Waals surface area (Å²) < 4.78 is 15.2. The highest BCUT2D eigenvalue weighted by atomic mass is 19.1. The average molecular weight is 249 g/mol. The highest BCUT2D eigenvalue weighted by molar-refractivity contribution is 5.76. The van der Waals surface area contributed by atoms with E-state index in [2.05, 4.69) is 18.8 Å². The number of aromatic nitrogens is 2.